The molecule has 0 aliphatic carbocycles. The van der Waals surface area contributed by atoms with Crippen LogP contribution in [0, 0.1) is 0 Å². The lowest BCUT2D eigenvalue weighted by atomic mass is 10.0. The minimum Gasteiger partial charge on any atom is -0.454 e. The van der Waals surface area contributed by atoms with Gasteiger partial charge in [0, 0.05) is 57.4 Å². The topological polar surface area (TPSA) is 62.3 Å². The zero-order valence-corrected chi connectivity index (χ0v) is 18.2. The van der Waals surface area contributed by atoms with Crippen molar-refractivity contribution in [2.24, 2.45) is 0 Å². The molecular weight excluding hydrogens is 406 g/mol. The molecule has 0 radical (unpaired) electrons. The monoisotopic (exact) mass is 435 g/mol. The van der Waals surface area contributed by atoms with Crippen LogP contribution in [0.25, 0.3) is 0 Å². The summed E-state index contributed by atoms with van der Waals surface area (Å²) in [6.45, 7) is 6.43. The van der Waals surface area contributed by atoms with Crippen LogP contribution in [0.4, 0.5) is 0 Å². The maximum Gasteiger partial charge on any atom is 0.295 e. The van der Waals surface area contributed by atoms with Gasteiger partial charge in [-0.25, -0.2) is 0 Å². The maximum absolute atomic E-state index is 12.8. The molecule has 2 fully saturated rings. The van der Waals surface area contributed by atoms with Crippen LogP contribution in [-0.2, 0) is 11.3 Å². The minimum atomic E-state index is -0.403. The Bertz CT molecular complexity index is 972. The first-order chi connectivity index (χ1) is 15.7. The van der Waals surface area contributed by atoms with Crippen LogP contribution >= 0.6 is 0 Å². The van der Waals surface area contributed by atoms with Gasteiger partial charge in [0.25, 0.3) is 5.91 Å². The third kappa shape index (κ3) is 4.49. The normalized spacial score (nSPS) is 21.5. The van der Waals surface area contributed by atoms with Gasteiger partial charge < -0.3 is 14.4 Å². The first-order valence-corrected chi connectivity index (χ1v) is 11.4. The Hall–Kier alpha value is -2.90. The summed E-state index contributed by atoms with van der Waals surface area (Å²) in [5.41, 5.74) is 1.70. The molecule has 3 heterocycles. The lowest BCUT2D eigenvalue weighted by Gasteiger charge is -2.43. The number of piperidine rings is 1. The number of fused-ring (bicyclic) bond motifs is 1. The Kier molecular flexibility index (Phi) is 6.10. The minimum absolute atomic E-state index is 0.301. The SMILES string of the molecule is O=C(C(=O)N1CCC[C@H](N2CCN(Cc3ccc4c(c3)OCO4)CC2)C1)c1ccccc1. The Morgan fingerprint density at radius 3 is 2.50 bits per heavy atom. The Balaban J connectivity index is 1.13. The van der Waals surface area contributed by atoms with E-state index in [9.17, 15) is 9.59 Å². The fourth-order valence-corrected chi connectivity index (χ4v) is 4.88. The van der Waals surface area contributed by atoms with E-state index in [4.69, 9.17) is 9.47 Å². The van der Waals surface area contributed by atoms with Gasteiger partial charge in [-0.15, -0.1) is 0 Å². The molecule has 0 N–H and O–H groups in total. The number of carbonyl (C=O) groups is 2. The summed E-state index contributed by atoms with van der Waals surface area (Å²) in [5, 5.41) is 0. The molecule has 0 unspecified atom stereocenters. The van der Waals surface area contributed by atoms with Gasteiger partial charge in [-0.2, -0.15) is 0 Å². The molecule has 5 rings (SSSR count). The number of ketones is 1. The number of rotatable bonds is 5. The Morgan fingerprint density at radius 2 is 1.69 bits per heavy atom. The number of likely N-dealkylation sites (tertiary alicyclic amines) is 1. The van der Waals surface area contributed by atoms with Crippen LogP contribution < -0.4 is 9.47 Å². The number of amides is 1. The van der Waals surface area contributed by atoms with E-state index >= 15 is 0 Å². The summed E-state index contributed by atoms with van der Waals surface area (Å²) < 4.78 is 10.9. The number of carbonyl (C=O) groups excluding carboxylic acids is 2. The van der Waals surface area contributed by atoms with Crippen LogP contribution in [0.3, 0.4) is 0 Å². The summed E-state index contributed by atoms with van der Waals surface area (Å²) in [7, 11) is 0. The third-order valence-corrected chi connectivity index (χ3v) is 6.68. The van der Waals surface area contributed by atoms with Crippen LogP contribution in [0.1, 0.15) is 28.8 Å². The second kappa shape index (κ2) is 9.30. The molecule has 3 aliphatic heterocycles. The molecule has 1 atom stereocenters. The number of nitrogens with zero attached hydrogens (tertiary/aromatic N) is 3. The Labute approximate surface area is 188 Å². The highest BCUT2D eigenvalue weighted by atomic mass is 16.7. The molecule has 1 amide bonds. The number of ether oxygens (including phenoxy) is 2. The van der Waals surface area contributed by atoms with Crippen molar-refractivity contribution in [2.45, 2.75) is 25.4 Å². The Morgan fingerprint density at radius 1 is 0.906 bits per heavy atom. The lowest BCUT2D eigenvalue weighted by Crippen LogP contribution is -2.56. The molecule has 7 nitrogen and oxygen atoms in total. The third-order valence-electron chi connectivity index (χ3n) is 6.68. The zero-order chi connectivity index (χ0) is 21.9. The van der Waals surface area contributed by atoms with E-state index < -0.39 is 5.78 Å². The molecule has 0 saturated carbocycles. The molecule has 2 aromatic carbocycles. The molecule has 7 heteroatoms. The summed E-state index contributed by atoms with van der Waals surface area (Å²) in [6, 6.07) is 15.3. The van der Waals surface area contributed by atoms with E-state index in [1.807, 2.05) is 12.1 Å². The van der Waals surface area contributed by atoms with Gasteiger partial charge in [-0.3, -0.25) is 19.4 Å². The maximum atomic E-state index is 12.8. The van der Waals surface area contributed by atoms with Gasteiger partial charge in [-0.05, 0) is 30.5 Å². The zero-order valence-electron chi connectivity index (χ0n) is 18.2. The van der Waals surface area contributed by atoms with E-state index in [0.29, 0.717) is 31.5 Å². The smallest absolute Gasteiger partial charge is 0.295 e. The largest absolute Gasteiger partial charge is 0.454 e. The second-order valence-electron chi connectivity index (χ2n) is 8.74. The highest BCUT2D eigenvalue weighted by Crippen LogP contribution is 2.33. The quantitative estimate of drug-likeness (QED) is 0.531. The van der Waals surface area contributed by atoms with Gasteiger partial charge >= 0.3 is 0 Å². The van der Waals surface area contributed by atoms with Crippen molar-refractivity contribution in [1.29, 1.82) is 0 Å². The van der Waals surface area contributed by atoms with Crippen molar-refractivity contribution in [3.63, 3.8) is 0 Å². The summed E-state index contributed by atoms with van der Waals surface area (Å²) >= 11 is 0. The van der Waals surface area contributed by atoms with Gasteiger partial charge in [0.1, 0.15) is 0 Å². The summed E-state index contributed by atoms with van der Waals surface area (Å²) in [6.07, 6.45) is 2.02. The molecule has 0 spiro atoms. The predicted octanol–water partition coefficient (Wildman–Crippen LogP) is 2.41. The highest BCUT2D eigenvalue weighted by Gasteiger charge is 2.32. The van der Waals surface area contributed by atoms with Crippen molar-refractivity contribution in [3.05, 3.63) is 59.7 Å². The first kappa shape index (κ1) is 21.0. The van der Waals surface area contributed by atoms with Gasteiger partial charge in [0.15, 0.2) is 11.5 Å². The average Bonchev–Trinajstić information content (AvgIpc) is 3.32. The highest BCUT2D eigenvalue weighted by molar-refractivity contribution is 6.42. The van der Waals surface area contributed by atoms with Crippen LogP contribution in [0.2, 0.25) is 0 Å². The number of Topliss-reactive ketones (excluding diaryl/α,β-unsaturated/α-hetero) is 1. The van der Waals surface area contributed by atoms with Gasteiger partial charge in [-0.1, -0.05) is 36.4 Å². The molecule has 0 aromatic heterocycles. The van der Waals surface area contributed by atoms with Crippen molar-refractivity contribution in [3.8, 4) is 11.5 Å². The van der Waals surface area contributed by atoms with E-state index in [0.717, 1.165) is 57.1 Å². The molecule has 3 aliphatic rings. The molecule has 0 bridgehead atoms. The number of hydrogen-bond acceptors (Lipinski definition) is 6. The van der Waals surface area contributed by atoms with Crippen molar-refractivity contribution in [1.82, 2.24) is 14.7 Å². The standard InChI is InChI=1S/C25H29N3O4/c29-24(20-5-2-1-3-6-20)25(30)28-10-4-7-21(17-28)27-13-11-26(12-14-27)16-19-8-9-22-23(15-19)32-18-31-22/h1-3,5-6,8-9,15,21H,4,7,10-14,16-18H2/t21-/m0/s1. The first-order valence-electron chi connectivity index (χ1n) is 11.4. The molecule has 2 aromatic rings. The van der Waals surface area contributed by atoms with E-state index in [-0.39, 0.29) is 5.91 Å². The lowest BCUT2D eigenvalue weighted by molar-refractivity contribution is -0.128. The molecule has 32 heavy (non-hydrogen) atoms. The molecule has 168 valence electrons. The molecule has 2 saturated heterocycles. The van der Waals surface area contributed by atoms with E-state index in [2.05, 4.69) is 21.9 Å². The number of hydrogen-bond donors (Lipinski definition) is 0. The summed E-state index contributed by atoms with van der Waals surface area (Å²) in [4.78, 5) is 32.1. The van der Waals surface area contributed by atoms with Gasteiger partial charge in [0.2, 0.25) is 12.6 Å². The van der Waals surface area contributed by atoms with Crippen molar-refractivity contribution >= 4 is 11.7 Å². The van der Waals surface area contributed by atoms with Crippen LogP contribution in [-0.4, -0.2) is 78.5 Å². The molecular formula is C25H29N3O4. The summed E-state index contributed by atoms with van der Waals surface area (Å²) in [5.74, 6) is 0.876. The second-order valence-corrected chi connectivity index (χ2v) is 8.74. The van der Waals surface area contributed by atoms with Gasteiger partial charge in [0.05, 0.1) is 0 Å². The van der Waals surface area contributed by atoms with E-state index in [1.165, 1.54) is 5.56 Å². The fraction of sp³-hybridized carbons (Fsp3) is 0.440. The fourth-order valence-electron chi connectivity index (χ4n) is 4.88. The van der Waals surface area contributed by atoms with Crippen LogP contribution in [0.5, 0.6) is 11.5 Å². The number of piperazine rings is 1. The average molecular weight is 436 g/mol. The van der Waals surface area contributed by atoms with Crippen molar-refractivity contribution in [2.75, 3.05) is 46.1 Å². The van der Waals surface area contributed by atoms with Crippen LogP contribution in [0.15, 0.2) is 48.5 Å². The number of benzene rings is 2. The van der Waals surface area contributed by atoms with E-state index in [1.54, 1.807) is 29.2 Å². The van der Waals surface area contributed by atoms with Crippen molar-refractivity contribution < 1.29 is 19.1 Å². The predicted molar refractivity (Wildman–Crippen MR) is 120 cm³/mol.